The van der Waals surface area contributed by atoms with Crippen LogP contribution in [0.2, 0.25) is 0 Å². The van der Waals surface area contributed by atoms with Crippen LogP contribution in [-0.2, 0) is 32.7 Å². The zero-order valence-electron chi connectivity index (χ0n) is 25.6. The highest BCUT2D eigenvalue weighted by Gasteiger charge is 2.25. The Bertz CT molecular complexity index is 649. The molecule has 0 saturated heterocycles. The Morgan fingerprint density at radius 2 is 1.07 bits per heavy atom. The maximum Gasteiger partial charge on any atom is 0.472 e. The molecule has 0 bridgehead atoms. The fraction of sp³-hybridized carbons (Fsp3) is 0.933. The molecule has 0 heterocycles. The van der Waals surface area contributed by atoms with Gasteiger partial charge in [-0.15, -0.1) is 0 Å². The van der Waals surface area contributed by atoms with Gasteiger partial charge in [0, 0.05) is 19.4 Å². The number of esters is 2. The average Bonchev–Trinajstić information content (AvgIpc) is 2.93. The molecule has 0 radical (unpaired) electrons. The molecule has 238 valence electrons. The maximum absolute atomic E-state index is 12.4. The highest BCUT2D eigenvalue weighted by molar-refractivity contribution is 7.47. The van der Waals surface area contributed by atoms with Crippen molar-refractivity contribution in [3.8, 4) is 0 Å². The molecule has 0 aromatic rings. The molecular weight excluding hydrogens is 533 g/mol. The molecule has 0 fully saturated rings. The quantitative estimate of drug-likeness (QED) is 0.0486. The van der Waals surface area contributed by atoms with Crippen molar-refractivity contribution in [3.05, 3.63) is 0 Å². The van der Waals surface area contributed by atoms with E-state index < -0.39 is 26.5 Å². The lowest BCUT2D eigenvalue weighted by atomic mass is 10.0. The zero-order valence-corrected chi connectivity index (χ0v) is 26.5. The largest absolute Gasteiger partial charge is 0.472 e. The van der Waals surface area contributed by atoms with Crippen molar-refractivity contribution in [3.63, 3.8) is 0 Å². The van der Waals surface area contributed by atoms with Crippen LogP contribution in [0.5, 0.6) is 0 Å². The first-order valence-electron chi connectivity index (χ1n) is 16.0. The molecule has 0 aliphatic heterocycles. The van der Waals surface area contributed by atoms with Crippen molar-refractivity contribution in [2.24, 2.45) is 5.73 Å². The monoisotopic (exact) mass is 593 g/mol. The van der Waals surface area contributed by atoms with Gasteiger partial charge in [0.2, 0.25) is 0 Å². The number of hydrogen-bond acceptors (Lipinski definition) is 8. The summed E-state index contributed by atoms with van der Waals surface area (Å²) in [5.41, 5.74) is 5.30. The summed E-state index contributed by atoms with van der Waals surface area (Å²) in [6.45, 7) is 3.64. The number of hydrogen-bond donors (Lipinski definition) is 2. The molecule has 0 aromatic carbocycles. The normalized spacial score (nSPS) is 13.6. The molecule has 0 aromatic heterocycles. The van der Waals surface area contributed by atoms with E-state index in [0.29, 0.717) is 6.42 Å². The predicted molar refractivity (Wildman–Crippen MR) is 160 cm³/mol. The third-order valence-electron chi connectivity index (χ3n) is 6.74. The van der Waals surface area contributed by atoms with Gasteiger partial charge in [0.25, 0.3) is 0 Å². The number of rotatable bonds is 30. The first-order valence-corrected chi connectivity index (χ1v) is 17.5. The van der Waals surface area contributed by atoms with Crippen LogP contribution in [0.15, 0.2) is 0 Å². The van der Waals surface area contributed by atoms with Crippen LogP contribution in [0.1, 0.15) is 149 Å². The van der Waals surface area contributed by atoms with Gasteiger partial charge in [-0.1, -0.05) is 123 Å². The van der Waals surface area contributed by atoms with Gasteiger partial charge in [0.1, 0.15) is 6.61 Å². The van der Waals surface area contributed by atoms with Gasteiger partial charge in [-0.05, 0) is 12.8 Å². The third kappa shape index (κ3) is 27.2. The Morgan fingerprint density at radius 1 is 0.650 bits per heavy atom. The highest BCUT2D eigenvalue weighted by Crippen LogP contribution is 2.43. The Hall–Kier alpha value is -0.990. The summed E-state index contributed by atoms with van der Waals surface area (Å²) in [5.74, 6) is -0.834. The minimum absolute atomic E-state index is 0.0571. The van der Waals surface area contributed by atoms with E-state index in [2.05, 4.69) is 13.8 Å². The Kier molecular flexibility index (Phi) is 27.4. The standard InChI is InChI=1S/C30H60NO8P/c1-3-5-7-9-11-12-13-14-15-16-17-19-21-23-30(33)39-28(27-38-40(34,35)37-25-24-31)26-36-29(32)22-20-18-10-8-6-4-2/h28H,3-27,31H2,1-2H3,(H,34,35)/t28-/m1/s1. The van der Waals surface area contributed by atoms with Crippen LogP contribution < -0.4 is 5.73 Å². The van der Waals surface area contributed by atoms with Crippen molar-refractivity contribution in [2.75, 3.05) is 26.4 Å². The summed E-state index contributed by atoms with van der Waals surface area (Å²) in [4.78, 5) is 34.3. The minimum Gasteiger partial charge on any atom is -0.462 e. The van der Waals surface area contributed by atoms with Gasteiger partial charge >= 0.3 is 19.8 Å². The molecule has 0 saturated carbocycles. The number of ether oxygens (including phenoxy) is 2. The van der Waals surface area contributed by atoms with Gasteiger partial charge in [0.05, 0.1) is 13.2 Å². The lowest BCUT2D eigenvalue weighted by Gasteiger charge is -2.19. The van der Waals surface area contributed by atoms with E-state index >= 15 is 0 Å². The van der Waals surface area contributed by atoms with Crippen molar-refractivity contribution in [1.82, 2.24) is 0 Å². The van der Waals surface area contributed by atoms with Crippen LogP contribution in [-0.4, -0.2) is 49.3 Å². The lowest BCUT2D eigenvalue weighted by molar-refractivity contribution is -0.161. The summed E-state index contributed by atoms with van der Waals surface area (Å²) < 4.78 is 32.3. The second kappa shape index (κ2) is 28.1. The van der Waals surface area contributed by atoms with Gasteiger partial charge in [-0.25, -0.2) is 4.57 Å². The molecule has 9 nitrogen and oxygen atoms in total. The molecule has 0 rings (SSSR count). The first kappa shape index (κ1) is 39.0. The Labute approximate surface area is 244 Å². The fourth-order valence-corrected chi connectivity index (χ4v) is 5.10. The second-order valence-electron chi connectivity index (χ2n) is 10.7. The smallest absolute Gasteiger partial charge is 0.462 e. The molecule has 0 spiro atoms. The van der Waals surface area contributed by atoms with E-state index in [0.717, 1.165) is 38.5 Å². The van der Waals surface area contributed by atoms with Crippen LogP contribution >= 0.6 is 7.82 Å². The minimum atomic E-state index is -4.35. The molecule has 40 heavy (non-hydrogen) atoms. The number of phosphoric ester groups is 1. The molecule has 1 unspecified atom stereocenters. The molecule has 3 N–H and O–H groups in total. The Balaban J connectivity index is 4.24. The average molecular weight is 594 g/mol. The molecule has 2 atom stereocenters. The SMILES string of the molecule is CCCCCCCCCCCCCCCC(=O)O[C@H](COC(=O)CCCCCCCC)COP(=O)(O)OCCN. The first-order chi connectivity index (χ1) is 19.3. The van der Waals surface area contributed by atoms with E-state index in [-0.39, 0.29) is 38.6 Å². The highest BCUT2D eigenvalue weighted by atomic mass is 31.2. The number of carbonyl (C=O) groups is 2. The summed E-state index contributed by atoms with van der Waals surface area (Å²) >= 11 is 0. The molecular formula is C30H60NO8P. The number of nitrogens with two attached hydrogens (primary N) is 1. The van der Waals surface area contributed by atoms with Crippen LogP contribution in [0.25, 0.3) is 0 Å². The van der Waals surface area contributed by atoms with Crippen molar-refractivity contribution >= 4 is 19.8 Å². The van der Waals surface area contributed by atoms with Gasteiger partial charge in [0.15, 0.2) is 6.10 Å². The lowest BCUT2D eigenvalue weighted by Crippen LogP contribution is -2.29. The summed E-state index contributed by atoms with van der Waals surface area (Å²) in [6, 6.07) is 0. The van der Waals surface area contributed by atoms with Crippen LogP contribution in [0.3, 0.4) is 0 Å². The number of carbonyl (C=O) groups excluding carboxylic acids is 2. The molecule has 0 amide bonds. The zero-order chi connectivity index (χ0) is 29.7. The summed E-state index contributed by atoms with van der Waals surface area (Å²) in [5, 5.41) is 0. The van der Waals surface area contributed by atoms with E-state index in [1.807, 2.05) is 0 Å². The second-order valence-corrected chi connectivity index (χ2v) is 12.1. The maximum atomic E-state index is 12.4. The van der Waals surface area contributed by atoms with E-state index in [1.54, 1.807) is 0 Å². The fourth-order valence-electron chi connectivity index (χ4n) is 4.34. The van der Waals surface area contributed by atoms with E-state index in [4.69, 9.17) is 24.3 Å². The summed E-state index contributed by atoms with van der Waals surface area (Å²) in [7, 11) is -4.35. The van der Waals surface area contributed by atoms with Crippen LogP contribution in [0, 0.1) is 0 Å². The predicted octanol–water partition coefficient (Wildman–Crippen LogP) is 7.77. The molecule has 0 aliphatic rings. The van der Waals surface area contributed by atoms with Crippen molar-refractivity contribution < 1.29 is 37.6 Å². The number of unbranched alkanes of at least 4 members (excludes halogenated alkanes) is 17. The molecule has 0 aliphatic carbocycles. The van der Waals surface area contributed by atoms with E-state index in [9.17, 15) is 19.0 Å². The van der Waals surface area contributed by atoms with Crippen molar-refractivity contribution in [2.45, 2.75) is 155 Å². The number of phosphoric acid groups is 1. The van der Waals surface area contributed by atoms with Crippen molar-refractivity contribution in [1.29, 1.82) is 0 Å². The third-order valence-corrected chi connectivity index (χ3v) is 7.73. The molecule has 10 heteroatoms. The van der Waals surface area contributed by atoms with Gasteiger partial charge in [-0.3, -0.25) is 18.6 Å². The van der Waals surface area contributed by atoms with Gasteiger partial charge in [-0.2, -0.15) is 0 Å². The Morgan fingerprint density at radius 3 is 1.52 bits per heavy atom. The van der Waals surface area contributed by atoms with Gasteiger partial charge < -0.3 is 20.1 Å². The summed E-state index contributed by atoms with van der Waals surface area (Å²) in [6.07, 6.45) is 21.6. The van der Waals surface area contributed by atoms with E-state index in [1.165, 1.54) is 77.0 Å². The van der Waals surface area contributed by atoms with Crippen LogP contribution in [0.4, 0.5) is 0 Å². The topological polar surface area (TPSA) is 134 Å².